The van der Waals surface area contributed by atoms with Gasteiger partial charge in [0.15, 0.2) is 0 Å². The Labute approximate surface area is 120 Å². The first-order valence-electron chi connectivity index (χ1n) is 5.92. The molecular weight excluding hydrogens is 309 g/mol. The maximum Gasteiger partial charge on any atom is 0.127 e. The topological polar surface area (TPSA) is 50.9 Å². The molecule has 0 saturated heterocycles. The minimum Gasteiger partial charge on any atom is -0.271 e. The van der Waals surface area contributed by atoms with Crippen LogP contribution in [0.1, 0.15) is 22.9 Å². The lowest BCUT2D eigenvalue weighted by Gasteiger charge is -2.17. The van der Waals surface area contributed by atoms with Crippen LogP contribution < -0.4 is 11.3 Å². The third kappa shape index (κ3) is 3.59. The molecule has 100 valence electrons. The van der Waals surface area contributed by atoms with Crippen LogP contribution in [0.4, 0.5) is 4.39 Å². The largest absolute Gasteiger partial charge is 0.271 e. The quantitative estimate of drug-likeness (QED) is 0.671. The second-order valence-electron chi connectivity index (χ2n) is 4.39. The Kier molecular flexibility index (Phi) is 4.63. The van der Waals surface area contributed by atoms with Gasteiger partial charge in [-0.3, -0.25) is 16.3 Å². The molecule has 0 radical (unpaired) electrons. The Morgan fingerprint density at radius 3 is 2.79 bits per heavy atom. The normalized spacial score (nSPS) is 12.4. The number of halogens is 2. The number of rotatable bonds is 4. The molecule has 0 aliphatic heterocycles. The van der Waals surface area contributed by atoms with E-state index in [-0.39, 0.29) is 11.9 Å². The van der Waals surface area contributed by atoms with Gasteiger partial charge in [-0.1, -0.05) is 22.0 Å². The lowest BCUT2D eigenvalue weighted by Crippen LogP contribution is -2.29. The van der Waals surface area contributed by atoms with Gasteiger partial charge in [0.2, 0.25) is 0 Å². The van der Waals surface area contributed by atoms with Crippen molar-refractivity contribution in [3.63, 3.8) is 0 Å². The SMILES string of the molecule is Cc1cc(C(Cc2ccc(Br)cc2F)NN)ccn1. The predicted octanol–water partition coefficient (Wildman–Crippen LogP) is 3.04. The molecule has 0 saturated carbocycles. The third-order valence-electron chi connectivity index (χ3n) is 2.96. The van der Waals surface area contributed by atoms with Gasteiger partial charge in [-0.15, -0.1) is 0 Å². The number of nitrogens with one attached hydrogen (secondary N) is 1. The van der Waals surface area contributed by atoms with Crippen molar-refractivity contribution in [2.75, 3.05) is 0 Å². The maximum absolute atomic E-state index is 13.8. The molecule has 19 heavy (non-hydrogen) atoms. The van der Waals surface area contributed by atoms with E-state index in [0.717, 1.165) is 15.7 Å². The van der Waals surface area contributed by atoms with Crippen LogP contribution in [0.25, 0.3) is 0 Å². The van der Waals surface area contributed by atoms with Crippen LogP contribution >= 0.6 is 15.9 Å². The number of nitrogens with zero attached hydrogens (tertiary/aromatic N) is 1. The zero-order chi connectivity index (χ0) is 13.8. The van der Waals surface area contributed by atoms with Crippen molar-refractivity contribution in [3.05, 3.63) is 63.6 Å². The summed E-state index contributed by atoms with van der Waals surface area (Å²) < 4.78 is 14.6. The van der Waals surface area contributed by atoms with Crippen LogP contribution in [0.5, 0.6) is 0 Å². The van der Waals surface area contributed by atoms with E-state index < -0.39 is 0 Å². The highest BCUT2D eigenvalue weighted by atomic mass is 79.9. The fraction of sp³-hybridized carbons (Fsp3) is 0.214. The number of nitrogens with two attached hydrogens (primary N) is 1. The van der Waals surface area contributed by atoms with Crippen LogP contribution in [0.15, 0.2) is 41.0 Å². The molecule has 1 unspecified atom stereocenters. The van der Waals surface area contributed by atoms with Crippen molar-refractivity contribution in [1.82, 2.24) is 10.4 Å². The zero-order valence-electron chi connectivity index (χ0n) is 10.5. The van der Waals surface area contributed by atoms with E-state index in [0.29, 0.717) is 12.0 Å². The van der Waals surface area contributed by atoms with Crippen molar-refractivity contribution in [1.29, 1.82) is 0 Å². The van der Waals surface area contributed by atoms with Crippen LogP contribution in [0.3, 0.4) is 0 Å². The van der Waals surface area contributed by atoms with Crippen LogP contribution in [-0.2, 0) is 6.42 Å². The highest BCUT2D eigenvalue weighted by Crippen LogP contribution is 2.22. The molecule has 0 amide bonds. The predicted molar refractivity (Wildman–Crippen MR) is 76.8 cm³/mol. The lowest BCUT2D eigenvalue weighted by molar-refractivity contribution is 0.528. The fourth-order valence-corrected chi connectivity index (χ4v) is 2.30. The molecule has 1 atom stereocenters. The van der Waals surface area contributed by atoms with Gasteiger partial charge < -0.3 is 0 Å². The molecular formula is C14H15BrFN3. The van der Waals surface area contributed by atoms with E-state index in [1.165, 1.54) is 6.07 Å². The Balaban J connectivity index is 2.24. The second kappa shape index (κ2) is 6.23. The number of aromatic nitrogens is 1. The number of hydrogen-bond donors (Lipinski definition) is 2. The Morgan fingerprint density at radius 1 is 1.37 bits per heavy atom. The minimum absolute atomic E-state index is 0.141. The van der Waals surface area contributed by atoms with E-state index in [9.17, 15) is 4.39 Å². The highest BCUT2D eigenvalue weighted by Gasteiger charge is 2.13. The van der Waals surface area contributed by atoms with Gasteiger partial charge in [0.1, 0.15) is 5.82 Å². The van der Waals surface area contributed by atoms with E-state index in [2.05, 4.69) is 26.3 Å². The van der Waals surface area contributed by atoms with Gasteiger partial charge in [0, 0.05) is 16.4 Å². The second-order valence-corrected chi connectivity index (χ2v) is 5.31. The van der Waals surface area contributed by atoms with Gasteiger partial charge >= 0.3 is 0 Å². The summed E-state index contributed by atoms with van der Waals surface area (Å²) in [5.41, 5.74) is 5.26. The maximum atomic E-state index is 13.8. The summed E-state index contributed by atoms with van der Waals surface area (Å²) in [7, 11) is 0. The van der Waals surface area contributed by atoms with Gasteiger partial charge in [-0.05, 0) is 48.7 Å². The molecule has 1 heterocycles. The third-order valence-corrected chi connectivity index (χ3v) is 3.46. The van der Waals surface area contributed by atoms with Crippen molar-refractivity contribution in [3.8, 4) is 0 Å². The molecule has 1 aromatic carbocycles. The van der Waals surface area contributed by atoms with Crippen molar-refractivity contribution < 1.29 is 4.39 Å². The van der Waals surface area contributed by atoms with Gasteiger partial charge in [-0.25, -0.2) is 4.39 Å². The molecule has 5 heteroatoms. The zero-order valence-corrected chi connectivity index (χ0v) is 12.1. The molecule has 2 rings (SSSR count). The van der Waals surface area contributed by atoms with Crippen molar-refractivity contribution in [2.45, 2.75) is 19.4 Å². The first-order chi connectivity index (χ1) is 9.10. The van der Waals surface area contributed by atoms with Crippen molar-refractivity contribution >= 4 is 15.9 Å². The molecule has 3 N–H and O–H groups in total. The van der Waals surface area contributed by atoms with Gasteiger partial charge in [0.25, 0.3) is 0 Å². The summed E-state index contributed by atoms with van der Waals surface area (Å²) in [5, 5.41) is 0. The molecule has 2 aromatic rings. The van der Waals surface area contributed by atoms with Crippen LogP contribution in [-0.4, -0.2) is 4.98 Å². The minimum atomic E-state index is -0.236. The molecule has 0 bridgehead atoms. The standard InChI is InChI=1S/C14H15BrFN3/c1-9-6-11(4-5-18-9)14(19-17)7-10-2-3-12(15)8-13(10)16/h2-6,8,14,19H,7,17H2,1H3. The summed E-state index contributed by atoms with van der Waals surface area (Å²) in [5.74, 6) is 5.34. The summed E-state index contributed by atoms with van der Waals surface area (Å²) in [6.45, 7) is 1.91. The average molecular weight is 324 g/mol. The monoisotopic (exact) mass is 323 g/mol. The summed E-state index contributed by atoms with van der Waals surface area (Å²) in [4.78, 5) is 4.14. The molecule has 0 spiro atoms. The molecule has 0 aliphatic carbocycles. The Morgan fingerprint density at radius 2 is 2.16 bits per heavy atom. The summed E-state index contributed by atoms with van der Waals surface area (Å²) in [6, 6.07) is 8.73. The molecule has 1 aromatic heterocycles. The van der Waals surface area contributed by atoms with Crippen LogP contribution in [0, 0.1) is 12.7 Å². The first kappa shape index (κ1) is 14.1. The Bertz CT molecular complexity index is 574. The average Bonchev–Trinajstić information content (AvgIpc) is 2.38. The Hall–Kier alpha value is -1.30. The highest BCUT2D eigenvalue weighted by molar-refractivity contribution is 9.10. The van der Waals surface area contributed by atoms with Gasteiger partial charge in [-0.2, -0.15) is 0 Å². The van der Waals surface area contributed by atoms with E-state index in [1.54, 1.807) is 12.3 Å². The number of hydrogen-bond acceptors (Lipinski definition) is 3. The van der Waals surface area contributed by atoms with Gasteiger partial charge in [0.05, 0.1) is 6.04 Å². The fourth-order valence-electron chi connectivity index (χ4n) is 1.96. The van der Waals surface area contributed by atoms with E-state index in [1.807, 2.05) is 25.1 Å². The lowest BCUT2D eigenvalue weighted by atomic mass is 9.99. The molecule has 0 aliphatic rings. The van der Waals surface area contributed by atoms with Crippen LogP contribution in [0.2, 0.25) is 0 Å². The summed E-state index contributed by atoms with van der Waals surface area (Å²) >= 11 is 3.25. The van der Waals surface area contributed by atoms with E-state index in [4.69, 9.17) is 5.84 Å². The number of benzene rings is 1. The smallest absolute Gasteiger partial charge is 0.127 e. The number of aryl methyl sites for hydroxylation is 1. The molecule has 0 fully saturated rings. The molecule has 3 nitrogen and oxygen atoms in total. The number of hydrazine groups is 1. The first-order valence-corrected chi connectivity index (χ1v) is 6.72. The number of pyridine rings is 1. The van der Waals surface area contributed by atoms with E-state index >= 15 is 0 Å². The summed E-state index contributed by atoms with van der Waals surface area (Å²) in [6.07, 6.45) is 2.21. The van der Waals surface area contributed by atoms with Crippen molar-refractivity contribution in [2.24, 2.45) is 5.84 Å².